The number of carbonyl (C=O) groups is 1. The lowest BCUT2D eigenvalue weighted by Gasteiger charge is -2.25. The van der Waals surface area contributed by atoms with Gasteiger partial charge in [0.2, 0.25) is 0 Å². The number of hydrogen-bond acceptors (Lipinski definition) is 3. The third-order valence-electron chi connectivity index (χ3n) is 4.10. The molecule has 4 heteroatoms. The van der Waals surface area contributed by atoms with E-state index in [-0.39, 0.29) is 6.09 Å². The Kier molecular flexibility index (Phi) is 2.41. The molecule has 0 saturated carbocycles. The van der Waals surface area contributed by atoms with Gasteiger partial charge >= 0.3 is 6.09 Å². The third-order valence-corrected chi connectivity index (χ3v) is 4.10. The van der Waals surface area contributed by atoms with Gasteiger partial charge in [-0.15, -0.1) is 0 Å². The number of ether oxygens (including phenoxy) is 2. The lowest BCUT2D eigenvalue weighted by Crippen LogP contribution is -2.36. The van der Waals surface area contributed by atoms with E-state index in [1.54, 1.807) is 0 Å². The van der Waals surface area contributed by atoms with Crippen LogP contribution in [0.1, 0.15) is 33.6 Å². The minimum atomic E-state index is -0.399. The van der Waals surface area contributed by atoms with Crippen LogP contribution in [-0.4, -0.2) is 41.9 Å². The molecular formula is C13H21NO3. The van der Waals surface area contributed by atoms with E-state index >= 15 is 0 Å². The van der Waals surface area contributed by atoms with Gasteiger partial charge in [0.25, 0.3) is 0 Å². The van der Waals surface area contributed by atoms with E-state index in [1.807, 2.05) is 25.7 Å². The van der Waals surface area contributed by atoms with E-state index in [0.29, 0.717) is 24.0 Å². The van der Waals surface area contributed by atoms with Crippen LogP contribution in [0.25, 0.3) is 0 Å². The zero-order valence-corrected chi connectivity index (χ0v) is 10.8. The molecule has 3 rings (SSSR count). The Balaban J connectivity index is 1.63. The molecule has 3 saturated heterocycles. The number of likely N-dealkylation sites (tertiary alicyclic amines) is 1. The Labute approximate surface area is 102 Å². The first-order valence-corrected chi connectivity index (χ1v) is 6.57. The molecule has 3 aliphatic heterocycles. The lowest BCUT2D eigenvalue weighted by molar-refractivity contribution is 0.0206. The number of amides is 1. The molecule has 0 aromatic heterocycles. The summed E-state index contributed by atoms with van der Waals surface area (Å²) in [6.07, 6.45) is 2.99. The maximum absolute atomic E-state index is 12.0. The summed E-state index contributed by atoms with van der Waals surface area (Å²) >= 11 is 0. The molecule has 0 aromatic rings. The smallest absolute Gasteiger partial charge is 0.410 e. The van der Waals surface area contributed by atoms with Crippen molar-refractivity contribution >= 4 is 6.09 Å². The molecule has 3 aliphatic rings. The lowest BCUT2D eigenvalue weighted by atomic mass is 9.82. The van der Waals surface area contributed by atoms with Gasteiger partial charge in [-0.1, -0.05) is 0 Å². The predicted molar refractivity (Wildman–Crippen MR) is 62.7 cm³/mol. The standard InChI is InChI=1S/C13H21NO3/c1-13(2,3)17-12(15)14-6-8-9(7-14)11-5-4-10(8)16-11/h8-11H,4-7H2,1-3H3. The fraction of sp³-hybridized carbons (Fsp3) is 0.923. The fourth-order valence-corrected chi connectivity index (χ4v) is 3.44. The minimum absolute atomic E-state index is 0.161. The number of hydrogen-bond donors (Lipinski definition) is 0. The normalized spacial score (nSPS) is 39.6. The van der Waals surface area contributed by atoms with Gasteiger partial charge < -0.3 is 14.4 Å². The average Bonchev–Trinajstić information content (AvgIpc) is 2.87. The van der Waals surface area contributed by atoms with Gasteiger partial charge in [-0.2, -0.15) is 0 Å². The Bertz CT molecular complexity index is 318. The first kappa shape index (κ1) is 11.3. The van der Waals surface area contributed by atoms with Crippen molar-refractivity contribution in [2.75, 3.05) is 13.1 Å². The maximum atomic E-state index is 12.0. The summed E-state index contributed by atoms with van der Waals surface area (Å²) in [6, 6.07) is 0. The zero-order chi connectivity index (χ0) is 12.2. The van der Waals surface area contributed by atoms with Gasteiger partial charge in [-0.25, -0.2) is 4.79 Å². The Morgan fingerprint density at radius 2 is 1.71 bits per heavy atom. The van der Waals surface area contributed by atoms with Crippen LogP contribution in [0.15, 0.2) is 0 Å². The van der Waals surface area contributed by atoms with Crippen molar-refractivity contribution in [1.29, 1.82) is 0 Å². The van der Waals surface area contributed by atoms with E-state index in [2.05, 4.69) is 0 Å². The van der Waals surface area contributed by atoms with Crippen molar-refractivity contribution in [1.82, 2.24) is 4.90 Å². The quantitative estimate of drug-likeness (QED) is 0.649. The highest BCUT2D eigenvalue weighted by atomic mass is 16.6. The maximum Gasteiger partial charge on any atom is 0.410 e. The molecule has 0 N–H and O–H groups in total. The summed E-state index contributed by atoms with van der Waals surface area (Å²) in [4.78, 5) is 13.9. The molecule has 2 bridgehead atoms. The van der Waals surface area contributed by atoms with Crippen molar-refractivity contribution in [2.45, 2.75) is 51.4 Å². The molecule has 0 aromatic carbocycles. The molecule has 0 radical (unpaired) electrons. The van der Waals surface area contributed by atoms with E-state index in [9.17, 15) is 4.79 Å². The van der Waals surface area contributed by atoms with E-state index in [1.165, 1.54) is 12.8 Å². The van der Waals surface area contributed by atoms with Crippen LogP contribution in [0, 0.1) is 11.8 Å². The van der Waals surface area contributed by atoms with Crippen molar-refractivity contribution in [3.05, 3.63) is 0 Å². The van der Waals surface area contributed by atoms with Gasteiger partial charge in [0.05, 0.1) is 12.2 Å². The Morgan fingerprint density at radius 1 is 1.18 bits per heavy atom. The van der Waals surface area contributed by atoms with Crippen LogP contribution in [0.5, 0.6) is 0 Å². The molecule has 0 spiro atoms. The number of nitrogens with zero attached hydrogens (tertiary/aromatic N) is 1. The number of rotatable bonds is 0. The molecule has 1 amide bonds. The number of carbonyl (C=O) groups excluding carboxylic acids is 1. The average molecular weight is 239 g/mol. The first-order valence-electron chi connectivity index (χ1n) is 6.57. The summed E-state index contributed by atoms with van der Waals surface area (Å²) in [5.41, 5.74) is -0.399. The SMILES string of the molecule is CC(C)(C)OC(=O)N1CC2C3CCC(O3)C2C1. The van der Waals surface area contributed by atoms with Crippen molar-refractivity contribution < 1.29 is 14.3 Å². The molecule has 4 unspecified atom stereocenters. The number of fused-ring (bicyclic) bond motifs is 5. The van der Waals surface area contributed by atoms with Crippen LogP contribution in [0.2, 0.25) is 0 Å². The first-order chi connectivity index (χ1) is 7.94. The van der Waals surface area contributed by atoms with Gasteiger partial charge in [-0.3, -0.25) is 0 Å². The summed E-state index contributed by atoms with van der Waals surface area (Å²) in [6.45, 7) is 7.37. The summed E-state index contributed by atoms with van der Waals surface area (Å²) in [7, 11) is 0. The van der Waals surface area contributed by atoms with Crippen LogP contribution in [-0.2, 0) is 9.47 Å². The van der Waals surface area contributed by atoms with Crippen LogP contribution >= 0.6 is 0 Å². The second-order valence-corrected chi connectivity index (χ2v) is 6.50. The second-order valence-electron chi connectivity index (χ2n) is 6.50. The van der Waals surface area contributed by atoms with Crippen LogP contribution < -0.4 is 0 Å². The highest BCUT2D eigenvalue weighted by molar-refractivity contribution is 5.68. The van der Waals surface area contributed by atoms with Crippen molar-refractivity contribution in [3.63, 3.8) is 0 Å². The Morgan fingerprint density at radius 3 is 2.18 bits per heavy atom. The largest absolute Gasteiger partial charge is 0.444 e. The van der Waals surface area contributed by atoms with Gasteiger partial charge in [-0.05, 0) is 33.6 Å². The summed E-state index contributed by atoms with van der Waals surface area (Å²) in [5.74, 6) is 1.11. The zero-order valence-electron chi connectivity index (χ0n) is 10.8. The van der Waals surface area contributed by atoms with Crippen molar-refractivity contribution in [2.24, 2.45) is 11.8 Å². The Hall–Kier alpha value is -0.770. The molecule has 0 aliphatic carbocycles. The molecule has 96 valence electrons. The molecule has 3 heterocycles. The molecule has 17 heavy (non-hydrogen) atoms. The molecule has 4 atom stereocenters. The minimum Gasteiger partial charge on any atom is -0.444 e. The second kappa shape index (κ2) is 3.61. The van der Waals surface area contributed by atoms with E-state index in [0.717, 1.165) is 13.1 Å². The molecule has 4 nitrogen and oxygen atoms in total. The van der Waals surface area contributed by atoms with E-state index in [4.69, 9.17) is 9.47 Å². The van der Waals surface area contributed by atoms with Crippen molar-refractivity contribution in [3.8, 4) is 0 Å². The highest BCUT2D eigenvalue weighted by Crippen LogP contribution is 2.47. The van der Waals surface area contributed by atoms with Gasteiger partial charge in [0.15, 0.2) is 0 Å². The predicted octanol–water partition coefficient (Wildman–Crippen LogP) is 2.03. The van der Waals surface area contributed by atoms with E-state index < -0.39 is 5.60 Å². The van der Waals surface area contributed by atoms with Gasteiger partial charge in [0.1, 0.15) is 5.60 Å². The fourth-order valence-electron chi connectivity index (χ4n) is 3.44. The highest BCUT2D eigenvalue weighted by Gasteiger charge is 2.54. The molecular weight excluding hydrogens is 218 g/mol. The monoisotopic (exact) mass is 239 g/mol. The van der Waals surface area contributed by atoms with Crippen LogP contribution in [0.3, 0.4) is 0 Å². The molecule has 3 fully saturated rings. The van der Waals surface area contributed by atoms with Crippen LogP contribution in [0.4, 0.5) is 4.79 Å². The summed E-state index contributed by atoms with van der Waals surface area (Å²) < 4.78 is 11.3. The third kappa shape index (κ3) is 1.92. The topological polar surface area (TPSA) is 38.8 Å². The van der Waals surface area contributed by atoms with Gasteiger partial charge in [0, 0.05) is 24.9 Å². The summed E-state index contributed by atoms with van der Waals surface area (Å²) in [5, 5.41) is 0.